The van der Waals surface area contributed by atoms with Crippen molar-refractivity contribution in [1.29, 1.82) is 0 Å². The molecule has 0 fully saturated rings. The highest BCUT2D eigenvalue weighted by atomic mass is 16.3. The highest BCUT2D eigenvalue weighted by Gasteiger charge is 2.26. The highest BCUT2D eigenvalue weighted by molar-refractivity contribution is 5.86. The predicted octanol–water partition coefficient (Wildman–Crippen LogP) is 3.75. The molecule has 0 amide bonds. The van der Waals surface area contributed by atoms with Gasteiger partial charge in [0.05, 0.1) is 0 Å². The van der Waals surface area contributed by atoms with Crippen LogP contribution in [0.5, 0.6) is 5.75 Å². The third kappa shape index (κ3) is 3.58. The SMILES string of the molecule is CC(C)CC(=O)C(c1ccccc1O)C(C)C. The Balaban J connectivity index is 3.02. The molecule has 1 N–H and O–H groups in total. The van der Waals surface area contributed by atoms with Gasteiger partial charge < -0.3 is 5.11 Å². The number of Topliss-reactive ketones (excluding diaryl/α,β-unsaturated/α-hetero) is 1. The van der Waals surface area contributed by atoms with Crippen molar-refractivity contribution in [1.82, 2.24) is 0 Å². The second-order valence-corrected chi connectivity index (χ2v) is 5.34. The van der Waals surface area contributed by atoms with E-state index in [2.05, 4.69) is 0 Å². The summed E-state index contributed by atoms with van der Waals surface area (Å²) >= 11 is 0. The minimum Gasteiger partial charge on any atom is -0.508 e. The van der Waals surface area contributed by atoms with Gasteiger partial charge in [0.25, 0.3) is 0 Å². The van der Waals surface area contributed by atoms with E-state index in [4.69, 9.17) is 0 Å². The van der Waals surface area contributed by atoms with E-state index in [0.29, 0.717) is 12.3 Å². The predicted molar refractivity (Wildman–Crippen MR) is 70.1 cm³/mol. The monoisotopic (exact) mass is 234 g/mol. The van der Waals surface area contributed by atoms with Crippen molar-refractivity contribution in [2.45, 2.75) is 40.0 Å². The molecule has 17 heavy (non-hydrogen) atoms. The van der Waals surface area contributed by atoms with Crippen LogP contribution in [-0.4, -0.2) is 10.9 Å². The van der Waals surface area contributed by atoms with Crippen LogP contribution >= 0.6 is 0 Å². The van der Waals surface area contributed by atoms with Crippen LogP contribution < -0.4 is 0 Å². The number of rotatable bonds is 5. The number of para-hydroxylation sites is 1. The molecule has 1 rings (SSSR count). The van der Waals surface area contributed by atoms with Gasteiger partial charge in [-0.15, -0.1) is 0 Å². The van der Waals surface area contributed by atoms with Gasteiger partial charge in [-0.1, -0.05) is 45.9 Å². The van der Waals surface area contributed by atoms with Crippen LogP contribution in [-0.2, 0) is 4.79 Å². The maximum Gasteiger partial charge on any atom is 0.140 e. The molecular formula is C15H22O2. The first-order chi connectivity index (χ1) is 7.93. The first-order valence-corrected chi connectivity index (χ1v) is 6.24. The summed E-state index contributed by atoms with van der Waals surface area (Å²) in [5.41, 5.74) is 0.758. The van der Waals surface area contributed by atoms with Crippen molar-refractivity contribution in [3.63, 3.8) is 0 Å². The molecule has 0 radical (unpaired) electrons. The lowest BCUT2D eigenvalue weighted by Crippen LogP contribution is -2.19. The Labute approximate surface area is 104 Å². The van der Waals surface area contributed by atoms with Crippen LogP contribution in [0.4, 0.5) is 0 Å². The van der Waals surface area contributed by atoms with Gasteiger partial charge >= 0.3 is 0 Å². The maximum atomic E-state index is 12.2. The molecule has 1 aromatic carbocycles. The summed E-state index contributed by atoms with van der Waals surface area (Å²) in [5, 5.41) is 9.86. The minimum atomic E-state index is -0.196. The summed E-state index contributed by atoms with van der Waals surface area (Å²) in [6.45, 7) is 8.13. The average Bonchev–Trinajstić information content (AvgIpc) is 2.19. The Morgan fingerprint density at radius 2 is 1.76 bits per heavy atom. The standard InChI is InChI=1S/C15H22O2/c1-10(2)9-14(17)15(11(3)4)12-7-5-6-8-13(12)16/h5-8,10-11,15-16H,9H2,1-4H3. The first kappa shape index (κ1) is 13.8. The summed E-state index contributed by atoms with van der Waals surface area (Å²) in [6, 6.07) is 7.14. The zero-order valence-corrected chi connectivity index (χ0v) is 11.1. The quantitative estimate of drug-likeness (QED) is 0.842. The molecule has 0 spiro atoms. The molecule has 1 unspecified atom stereocenters. The van der Waals surface area contributed by atoms with E-state index in [1.54, 1.807) is 12.1 Å². The second kappa shape index (κ2) is 5.85. The lowest BCUT2D eigenvalue weighted by Gasteiger charge is -2.21. The van der Waals surface area contributed by atoms with Crippen molar-refractivity contribution in [2.24, 2.45) is 11.8 Å². The van der Waals surface area contributed by atoms with Crippen molar-refractivity contribution < 1.29 is 9.90 Å². The largest absolute Gasteiger partial charge is 0.508 e. The number of phenolic OH excluding ortho intramolecular Hbond substituents is 1. The smallest absolute Gasteiger partial charge is 0.140 e. The Morgan fingerprint density at radius 3 is 2.24 bits per heavy atom. The Kier molecular flexibility index (Phi) is 4.73. The zero-order chi connectivity index (χ0) is 13.0. The molecule has 0 aliphatic rings. The van der Waals surface area contributed by atoms with Crippen LogP contribution in [0.3, 0.4) is 0 Å². The van der Waals surface area contributed by atoms with Gasteiger partial charge in [0.15, 0.2) is 0 Å². The number of ketones is 1. The minimum absolute atomic E-state index is 0.196. The molecule has 94 valence electrons. The Morgan fingerprint density at radius 1 is 1.18 bits per heavy atom. The van der Waals surface area contributed by atoms with Gasteiger partial charge in [0.2, 0.25) is 0 Å². The summed E-state index contributed by atoms with van der Waals surface area (Å²) in [4.78, 5) is 12.2. The van der Waals surface area contributed by atoms with Crippen LogP contribution in [0.25, 0.3) is 0 Å². The Bertz CT molecular complexity index is 380. The topological polar surface area (TPSA) is 37.3 Å². The average molecular weight is 234 g/mol. The molecule has 2 heteroatoms. The van der Waals surface area contributed by atoms with Crippen LogP contribution in [0.1, 0.15) is 45.6 Å². The fraction of sp³-hybridized carbons (Fsp3) is 0.533. The van der Waals surface area contributed by atoms with Crippen molar-refractivity contribution in [2.75, 3.05) is 0 Å². The van der Waals surface area contributed by atoms with E-state index < -0.39 is 0 Å². The van der Waals surface area contributed by atoms with Gasteiger partial charge in [-0.05, 0) is 17.9 Å². The molecule has 1 aromatic rings. The summed E-state index contributed by atoms with van der Waals surface area (Å²) in [7, 11) is 0. The van der Waals surface area contributed by atoms with E-state index >= 15 is 0 Å². The zero-order valence-electron chi connectivity index (χ0n) is 11.1. The first-order valence-electron chi connectivity index (χ1n) is 6.24. The maximum absolute atomic E-state index is 12.2. The van der Waals surface area contributed by atoms with Crippen molar-refractivity contribution in [3.8, 4) is 5.75 Å². The van der Waals surface area contributed by atoms with Crippen LogP contribution in [0.15, 0.2) is 24.3 Å². The van der Waals surface area contributed by atoms with Gasteiger partial charge in [-0.3, -0.25) is 4.79 Å². The lowest BCUT2D eigenvalue weighted by molar-refractivity contribution is -0.122. The molecule has 0 aromatic heterocycles. The molecule has 0 aliphatic heterocycles. The number of phenols is 1. The Hall–Kier alpha value is -1.31. The molecule has 0 aliphatic carbocycles. The summed E-state index contributed by atoms with van der Waals surface area (Å²) in [5.74, 6) is 0.808. The molecular weight excluding hydrogens is 212 g/mol. The van der Waals surface area contributed by atoms with E-state index in [9.17, 15) is 9.90 Å². The van der Waals surface area contributed by atoms with E-state index in [-0.39, 0.29) is 23.4 Å². The molecule has 0 saturated carbocycles. The van der Waals surface area contributed by atoms with Gasteiger partial charge in [-0.2, -0.15) is 0 Å². The fourth-order valence-corrected chi connectivity index (χ4v) is 2.18. The molecule has 1 atom stereocenters. The van der Waals surface area contributed by atoms with Gasteiger partial charge in [0, 0.05) is 17.9 Å². The highest BCUT2D eigenvalue weighted by Crippen LogP contribution is 2.33. The summed E-state index contributed by atoms with van der Waals surface area (Å²) in [6.07, 6.45) is 0.567. The fourth-order valence-electron chi connectivity index (χ4n) is 2.18. The van der Waals surface area contributed by atoms with Crippen molar-refractivity contribution >= 4 is 5.78 Å². The van der Waals surface area contributed by atoms with E-state index in [1.807, 2.05) is 39.8 Å². The molecule has 0 saturated heterocycles. The second-order valence-electron chi connectivity index (χ2n) is 5.34. The molecule has 2 nitrogen and oxygen atoms in total. The number of hydrogen-bond acceptors (Lipinski definition) is 2. The number of aromatic hydroxyl groups is 1. The van der Waals surface area contributed by atoms with E-state index in [0.717, 1.165) is 5.56 Å². The third-order valence-corrected chi connectivity index (χ3v) is 2.89. The normalized spacial score (nSPS) is 13.1. The van der Waals surface area contributed by atoms with E-state index in [1.165, 1.54) is 0 Å². The van der Waals surface area contributed by atoms with Crippen LogP contribution in [0, 0.1) is 11.8 Å². The lowest BCUT2D eigenvalue weighted by atomic mass is 9.82. The number of hydrogen-bond donors (Lipinski definition) is 1. The number of carbonyl (C=O) groups excluding carboxylic acids is 1. The van der Waals surface area contributed by atoms with Gasteiger partial charge in [0.1, 0.15) is 11.5 Å². The number of carbonyl (C=O) groups is 1. The van der Waals surface area contributed by atoms with Crippen LogP contribution in [0.2, 0.25) is 0 Å². The third-order valence-electron chi connectivity index (χ3n) is 2.89. The molecule has 0 heterocycles. The molecule has 0 bridgehead atoms. The summed E-state index contributed by atoms with van der Waals surface area (Å²) < 4.78 is 0. The van der Waals surface area contributed by atoms with Crippen molar-refractivity contribution in [3.05, 3.63) is 29.8 Å². The number of benzene rings is 1. The van der Waals surface area contributed by atoms with Gasteiger partial charge in [-0.25, -0.2) is 0 Å².